The topological polar surface area (TPSA) is 54.5 Å². The minimum Gasteiger partial charge on any atom is -0.306 e. The quantitative estimate of drug-likeness (QED) is 0.769. The van der Waals surface area contributed by atoms with E-state index in [9.17, 15) is 13.2 Å². The van der Waals surface area contributed by atoms with Gasteiger partial charge in [-0.05, 0) is 12.1 Å². The average Bonchev–Trinajstić information content (AvgIpc) is 2.64. The molecular formula is C12H13NO3S2. The zero-order chi connectivity index (χ0) is 12.8. The van der Waals surface area contributed by atoms with Crippen LogP contribution in [0.25, 0.3) is 0 Å². The van der Waals surface area contributed by atoms with Gasteiger partial charge in [-0.3, -0.25) is 4.79 Å². The van der Waals surface area contributed by atoms with Crippen LogP contribution in [0.3, 0.4) is 0 Å². The highest BCUT2D eigenvalue weighted by atomic mass is 32.2. The number of amides is 1. The van der Waals surface area contributed by atoms with Crippen molar-refractivity contribution in [3.63, 3.8) is 0 Å². The summed E-state index contributed by atoms with van der Waals surface area (Å²) in [4.78, 5) is 13.7. The maximum absolute atomic E-state index is 12.1. The molecule has 0 spiro atoms. The molecule has 2 atom stereocenters. The molecule has 3 rings (SSSR count). The second-order valence-electron chi connectivity index (χ2n) is 4.59. The molecule has 0 bridgehead atoms. The predicted octanol–water partition coefficient (Wildman–Crippen LogP) is 0.932. The summed E-state index contributed by atoms with van der Waals surface area (Å²) >= 11 is 1.47. The third-order valence-electron chi connectivity index (χ3n) is 3.33. The summed E-state index contributed by atoms with van der Waals surface area (Å²) in [6.07, 6.45) is 0. The Bertz CT molecular complexity index is 570. The molecule has 0 saturated carbocycles. The first-order chi connectivity index (χ1) is 8.57. The van der Waals surface area contributed by atoms with Crippen LogP contribution in [0.1, 0.15) is 0 Å². The van der Waals surface area contributed by atoms with Crippen LogP contribution in [0.5, 0.6) is 0 Å². The first-order valence-electron chi connectivity index (χ1n) is 5.76. The van der Waals surface area contributed by atoms with Crippen LogP contribution in [0, 0.1) is 0 Å². The van der Waals surface area contributed by atoms with Crippen LogP contribution in [0.2, 0.25) is 0 Å². The number of para-hydroxylation sites is 1. The Morgan fingerprint density at radius 2 is 1.89 bits per heavy atom. The summed E-state index contributed by atoms with van der Waals surface area (Å²) in [5.41, 5.74) is 0.801. The summed E-state index contributed by atoms with van der Waals surface area (Å²) < 4.78 is 23.5. The van der Waals surface area contributed by atoms with Gasteiger partial charge in [0.05, 0.1) is 23.3 Å². The number of thioether (sulfide) groups is 1. The number of fused-ring (bicyclic) bond motifs is 1. The molecule has 96 valence electrons. The molecule has 2 aliphatic rings. The van der Waals surface area contributed by atoms with Gasteiger partial charge in [-0.25, -0.2) is 8.42 Å². The van der Waals surface area contributed by atoms with E-state index >= 15 is 0 Å². The van der Waals surface area contributed by atoms with E-state index in [0.29, 0.717) is 5.75 Å². The summed E-state index contributed by atoms with van der Waals surface area (Å²) in [5, 5.41) is 0.0212. The third-order valence-corrected chi connectivity index (χ3v) is 6.58. The lowest BCUT2D eigenvalue weighted by atomic mass is 10.1. The zero-order valence-corrected chi connectivity index (χ0v) is 11.3. The fraction of sp³-hybridized carbons (Fsp3) is 0.417. The molecule has 2 fully saturated rings. The first-order valence-corrected chi connectivity index (χ1v) is 8.63. The molecule has 2 unspecified atom stereocenters. The predicted molar refractivity (Wildman–Crippen MR) is 72.6 cm³/mol. The molecule has 0 radical (unpaired) electrons. The summed E-state index contributed by atoms with van der Waals surface area (Å²) in [6.45, 7) is 0. The number of nitrogens with zero attached hydrogens (tertiary/aromatic N) is 1. The van der Waals surface area contributed by atoms with Gasteiger partial charge in [0.25, 0.3) is 0 Å². The van der Waals surface area contributed by atoms with Crippen molar-refractivity contribution in [3.05, 3.63) is 30.3 Å². The summed E-state index contributed by atoms with van der Waals surface area (Å²) in [7, 11) is -3.01. The molecule has 6 heteroatoms. The minimum atomic E-state index is -3.01. The van der Waals surface area contributed by atoms with Crippen molar-refractivity contribution in [1.29, 1.82) is 0 Å². The highest BCUT2D eigenvalue weighted by Crippen LogP contribution is 2.35. The van der Waals surface area contributed by atoms with Gasteiger partial charge in [-0.1, -0.05) is 18.2 Å². The van der Waals surface area contributed by atoms with Gasteiger partial charge < -0.3 is 4.90 Å². The number of hydrogen-bond acceptors (Lipinski definition) is 4. The Morgan fingerprint density at radius 3 is 2.61 bits per heavy atom. The molecular weight excluding hydrogens is 270 g/mol. The van der Waals surface area contributed by atoms with Crippen molar-refractivity contribution in [2.75, 3.05) is 22.2 Å². The molecule has 1 aromatic rings. The first kappa shape index (κ1) is 12.0. The van der Waals surface area contributed by atoms with Gasteiger partial charge >= 0.3 is 0 Å². The summed E-state index contributed by atoms with van der Waals surface area (Å²) in [5.74, 6) is 0.653. The minimum absolute atomic E-state index is 0.00421. The van der Waals surface area contributed by atoms with Crippen molar-refractivity contribution in [2.24, 2.45) is 0 Å². The molecule has 2 heterocycles. The number of carbonyl (C=O) groups is 1. The van der Waals surface area contributed by atoms with E-state index in [1.807, 2.05) is 30.3 Å². The number of rotatable bonds is 1. The van der Waals surface area contributed by atoms with E-state index < -0.39 is 9.84 Å². The van der Waals surface area contributed by atoms with Crippen LogP contribution < -0.4 is 4.90 Å². The van der Waals surface area contributed by atoms with E-state index in [4.69, 9.17) is 0 Å². The van der Waals surface area contributed by atoms with E-state index in [-0.39, 0.29) is 28.7 Å². The Morgan fingerprint density at radius 1 is 1.17 bits per heavy atom. The molecule has 0 aromatic heterocycles. The van der Waals surface area contributed by atoms with Crippen LogP contribution >= 0.6 is 11.8 Å². The van der Waals surface area contributed by atoms with Gasteiger partial charge in [0.1, 0.15) is 0 Å². The van der Waals surface area contributed by atoms with Gasteiger partial charge in [0, 0.05) is 10.9 Å². The standard InChI is InChI=1S/C12H13NO3S2/c14-12-6-17-11-8-18(15,16)7-10(11)13(12)9-4-2-1-3-5-9/h1-5,10-11H,6-8H2. The highest BCUT2D eigenvalue weighted by Gasteiger charge is 2.46. The monoisotopic (exact) mass is 283 g/mol. The number of anilines is 1. The third kappa shape index (κ3) is 2.03. The molecule has 2 saturated heterocycles. The maximum atomic E-state index is 12.1. The number of benzene rings is 1. The van der Waals surface area contributed by atoms with Crippen molar-refractivity contribution >= 4 is 33.2 Å². The lowest BCUT2D eigenvalue weighted by Gasteiger charge is -2.36. The van der Waals surface area contributed by atoms with Gasteiger partial charge in [-0.15, -0.1) is 11.8 Å². The van der Waals surface area contributed by atoms with Crippen molar-refractivity contribution in [3.8, 4) is 0 Å². The normalized spacial score (nSPS) is 30.2. The Hall–Kier alpha value is -1.01. The number of sulfone groups is 1. The van der Waals surface area contributed by atoms with Gasteiger partial charge in [0.2, 0.25) is 5.91 Å². The van der Waals surface area contributed by atoms with Crippen LogP contribution in [0.4, 0.5) is 5.69 Å². The fourth-order valence-electron chi connectivity index (χ4n) is 2.55. The van der Waals surface area contributed by atoms with Crippen molar-refractivity contribution in [2.45, 2.75) is 11.3 Å². The lowest BCUT2D eigenvalue weighted by Crippen LogP contribution is -2.50. The second-order valence-corrected chi connectivity index (χ2v) is 7.97. The second kappa shape index (κ2) is 4.28. The maximum Gasteiger partial charge on any atom is 0.237 e. The van der Waals surface area contributed by atoms with Crippen LogP contribution in [0.15, 0.2) is 30.3 Å². The zero-order valence-electron chi connectivity index (χ0n) is 9.65. The number of carbonyl (C=O) groups excluding carboxylic acids is 1. The van der Waals surface area contributed by atoms with E-state index in [0.717, 1.165) is 5.69 Å². The Labute approximate surface area is 110 Å². The smallest absolute Gasteiger partial charge is 0.237 e. The fourth-order valence-corrected chi connectivity index (χ4v) is 6.38. The SMILES string of the molecule is O=C1CSC2CS(=O)(=O)CC2N1c1ccccc1. The van der Waals surface area contributed by atoms with Crippen LogP contribution in [-0.4, -0.2) is 42.9 Å². The lowest BCUT2D eigenvalue weighted by molar-refractivity contribution is -0.116. The Balaban J connectivity index is 1.99. The van der Waals surface area contributed by atoms with Gasteiger partial charge in [0.15, 0.2) is 9.84 Å². The molecule has 0 N–H and O–H groups in total. The average molecular weight is 283 g/mol. The van der Waals surface area contributed by atoms with Crippen molar-refractivity contribution in [1.82, 2.24) is 0 Å². The molecule has 2 aliphatic heterocycles. The van der Waals surface area contributed by atoms with Crippen molar-refractivity contribution < 1.29 is 13.2 Å². The van der Waals surface area contributed by atoms with Gasteiger partial charge in [-0.2, -0.15) is 0 Å². The number of hydrogen-bond donors (Lipinski definition) is 0. The molecule has 0 aliphatic carbocycles. The van der Waals surface area contributed by atoms with E-state index in [2.05, 4.69) is 0 Å². The van der Waals surface area contributed by atoms with E-state index in [1.165, 1.54) is 11.8 Å². The van der Waals surface area contributed by atoms with Crippen LogP contribution in [-0.2, 0) is 14.6 Å². The molecule has 4 nitrogen and oxygen atoms in total. The highest BCUT2D eigenvalue weighted by molar-refractivity contribution is 8.02. The summed E-state index contributed by atoms with van der Waals surface area (Å²) in [6, 6.07) is 9.12. The van der Waals surface area contributed by atoms with E-state index in [1.54, 1.807) is 4.90 Å². The Kier molecular flexibility index (Phi) is 2.86. The molecule has 1 aromatic carbocycles. The molecule has 1 amide bonds. The largest absolute Gasteiger partial charge is 0.306 e. The molecule has 18 heavy (non-hydrogen) atoms.